The number of rotatable bonds is 3. The van der Waals surface area contributed by atoms with Crippen LogP contribution in [0.2, 0.25) is 0 Å². The third-order valence-electron chi connectivity index (χ3n) is 3.73. The van der Waals surface area contributed by atoms with Crippen LogP contribution in [0.1, 0.15) is 24.5 Å². The van der Waals surface area contributed by atoms with Crippen molar-refractivity contribution in [3.05, 3.63) is 29.3 Å². The zero-order chi connectivity index (χ0) is 12.4. The van der Waals surface area contributed by atoms with E-state index in [9.17, 15) is 0 Å². The predicted molar refractivity (Wildman–Crippen MR) is 71.2 cm³/mol. The summed E-state index contributed by atoms with van der Waals surface area (Å²) in [4.78, 5) is 0. The van der Waals surface area contributed by atoms with Crippen LogP contribution in [0.4, 0.5) is 0 Å². The predicted octanol–water partition coefficient (Wildman–Crippen LogP) is 1.93. The molecule has 3 nitrogen and oxygen atoms in total. The van der Waals surface area contributed by atoms with Gasteiger partial charge in [-0.05, 0) is 49.4 Å². The smallest absolute Gasteiger partial charge is 0.119 e. The lowest BCUT2D eigenvalue weighted by Gasteiger charge is -2.28. The highest BCUT2D eigenvalue weighted by molar-refractivity contribution is 5.38. The van der Waals surface area contributed by atoms with Gasteiger partial charge in [0.25, 0.3) is 0 Å². The van der Waals surface area contributed by atoms with Crippen LogP contribution in [-0.4, -0.2) is 31.9 Å². The molecule has 1 fully saturated rings. The fourth-order valence-corrected chi connectivity index (χ4v) is 2.82. The summed E-state index contributed by atoms with van der Waals surface area (Å²) in [6, 6.07) is 7.24. The molecule has 3 heteroatoms. The molecule has 1 heterocycles. The van der Waals surface area contributed by atoms with Gasteiger partial charge in [-0.15, -0.1) is 0 Å². The Bertz CT molecular complexity index is 419. The van der Waals surface area contributed by atoms with Crippen LogP contribution in [0.5, 0.6) is 5.75 Å². The second-order valence-corrected chi connectivity index (χ2v) is 5.40. The van der Waals surface area contributed by atoms with Crippen LogP contribution in [0, 0.1) is 0 Å². The maximum Gasteiger partial charge on any atom is 0.119 e. The van der Waals surface area contributed by atoms with Crippen LogP contribution in [0.25, 0.3) is 0 Å². The van der Waals surface area contributed by atoms with Gasteiger partial charge in [0.05, 0.1) is 19.3 Å². The van der Waals surface area contributed by atoms with Crippen molar-refractivity contribution in [1.29, 1.82) is 0 Å². The van der Waals surface area contributed by atoms with E-state index in [2.05, 4.69) is 30.4 Å². The largest absolute Gasteiger partial charge is 0.492 e. The number of ether oxygens (including phenoxy) is 2. The highest BCUT2D eigenvalue weighted by atomic mass is 16.5. The summed E-state index contributed by atoms with van der Waals surface area (Å²) < 4.78 is 11.4. The molecule has 1 aliphatic carbocycles. The second-order valence-electron chi connectivity index (χ2n) is 5.40. The minimum absolute atomic E-state index is 0.307. The maximum atomic E-state index is 5.88. The Kier molecular flexibility index (Phi) is 3.52. The first kappa shape index (κ1) is 12.0. The molecular formula is C15H21NO2. The molecule has 0 spiro atoms. The summed E-state index contributed by atoms with van der Waals surface area (Å²) >= 11 is 0. The first-order valence-electron chi connectivity index (χ1n) is 6.89. The molecule has 0 saturated carbocycles. The number of nitrogens with one attached hydrogen (secondary N) is 1. The van der Waals surface area contributed by atoms with Crippen molar-refractivity contribution in [2.24, 2.45) is 0 Å². The van der Waals surface area contributed by atoms with Crippen molar-refractivity contribution in [2.45, 2.75) is 38.3 Å². The first-order valence-corrected chi connectivity index (χ1v) is 6.89. The van der Waals surface area contributed by atoms with E-state index in [1.54, 1.807) is 0 Å². The average Bonchev–Trinajstić information content (AvgIpc) is 2.84. The molecule has 98 valence electrons. The van der Waals surface area contributed by atoms with E-state index in [1.165, 1.54) is 30.4 Å². The summed E-state index contributed by atoms with van der Waals surface area (Å²) in [7, 11) is 0. The van der Waals surface area contributed by atoms with E-state index in [0.717, 1.165) is 19.0 Å². The molecule has 18 heavy (non-hydrogen) atoms. The molecule has 0 aromatic heterocycles. The SMILES string of the molecule is CC1COCC(COc2ccc3c(c2)CCC3)N1. The number of benzene rings is 1. The van der Waals surface area contributed by atoms with E-state index >= 15 is 0 Å². The third-order valence-corrected chi connectivity index (χ3v) is 3.73. The van der Waals surface area contributed by atoms with Gasteiger partial charge >= 0.3 is 0 Å². The van der Waals surface area contributed by atoms with Gasteiger partial charge in [-0.1, -0.05) is 6.07 Å². The third kappa shape index (κ3) is 2.68. The topological polar surface area (TPSA) is 30.5 Å². The molecule has 1 aliphatic heterocycles. The molecule has 1 aromatic rings. The highest BCUT2D eigenvalue weighted by Gasteiger charge is 2.19. The van der Waals surface area contributed by atoms with Crippen molar-refractivity contribution < 1.29 is 9.47 Å². The lowest BCUT2D eigenvalue weighted by Crippen LogP contribution is -2.50. The van der Waals surface area contributed by atoms with E-state index in [0.29, 0.717) is 18.7 Å². The van der Waals surface area contributed by atoms with Crippen LogP contribution in [-0.2, 0) is 17.6 Å². The van der Waals surface area contributed by atoms with Crippen molar-refractivity contribution in [3.63, 3.8) is 0 Å². The Morgan fingerprint density at radius 1 is 1.28 bits per heavy atom. The maximum absolute atomic E-state index is 5.88. The molecular weight excluding hydrogens is 226 g/mol. The molecule has 3 rings (SSSR count). The van der Waals surface area contributed by atoms with Crippen LogP contribution in [0.3, 0.4) is 0 Å². The summed E-state index contributed by atoms with van der Waals surface area (Å²) in [6.45, 7) is 4.37. The summed E-state index contributed by atoms with van der Waals surface area (Å²) in [5.41, 5.74) is 2.96. The zero-order valence-electron chi connectivity index (χ0n) is 10.9. The minimum atomic E-state index is 0.307. The number of fused-ring (bicyclic) bond motifs is 1. The molecule has 1 aromatic carbocycles. The second kappa shape index (κ2) is 5.29. The van der Waals surface area contributed by atoms with Gasteiger partial charge in [0.1, 0.15) is 12.4 Å². The minimum Gasteiger partial charge on any atom is -0.492 e. The summed E-state index contributed by atoms with van der Waals surface area (Å²) in [6.07, 6.45) is 3.72. The van der Waals surface area contributed by atoms with Gasteiger partial charge in [-0.2, -0.15) is 0 Å². The van der Waals surface area contributed by atoms with Gasteiger partial charge in [-0.3, -0.25) is 0 Å². The highest BCUT2D eigenvalue weighted by Crippen LogP contribution is 2.26. The van der Waals surface area contributed by atoms with Crippen molar-refractivity contribution in [2.75, 3.05) is 19.8 Å². The molecule has 0 amide bonds. The first-order chi connectivity index (χ1) is 8.81. The van der Waals surface area contributed by atoms with Crippen LogP contribution < -0.4 is 10.1 Å². The molecule has 2 aliphatic rings. The van der Waals surface area contributed by atoms with E-state index < -0.39 is 0 Å². The number of hydrogen-bond acceptors (Lipinski definition) is 3. The van der Waals surface area contributed by atoms with Crippen LogP contribution >= 0.6 is 0 Å². The Morgan fingerprint density at radius 3 is 3.06 bits per heavy atom. The molecule has 1 saturated heterocycles. The summed E-state index contributed by atoms with van der Waals surface area (Å²) in [5.74, 6) is 0.996. The van der Waals surface area contributed by atoms with E-state index in [4.69, 9.17) is 9.47 Å². The Hall–Kier alpha value is -1.06. The van der Waals surface area contributed by atoms with Gasteiger partial charge in [0, 0.05) is 6.04 Å². The van der Waals surface area contributed by atoms with E-state index in [1.807, 2.05) is 0 Å². The van der Waals surface area contributed by atoms with E-state index in [-0.39, 0.29) is 0 Å². The molecule has 0 radical (unpaired) electrons. The van der Waals surface area contributed by atoms with Gasteiger partial charge < -0.3 is 14.8 Å². The number of aryl methyl sites for hydroxylation is 2. The fourth-order valence-electron chi connectivity index (χ4n) is 2.82. The van der Waals surface area contributed by atoms with Crippen molar-refractivity contribution in [1.82, 2.24) is 5.32 Å². The van der Waals surface area contributed by atoms with Gasteiger partial charge in [0.2, 0.25) is 0 Å². The quantitative estimate of drug-likeness (QED) is 0.885. The zero-order valence-corrected chi connectivity index (χ0v) is 10.9. The van der Waals surface area contributed by atoms with Crippen molar-refractivity contribution >= 4 is 0 Å². The molecule has 2 atom stereocenters. The lowest BCUT2D eigenvalue weighted by atomic mass is 10.1. The number of morpholine rings is 1. The normalized spacial score (nSPS) is 26.9. The monoisotopic (exact) mass is 247 g/mol. The Labute approximate surface area is 108 Å². The van der Waals surface area contributed by atoms with Crippen LogP contribution in [0.15, 0.2) is 18.2 Å². The number of hydrogen-bond donors (Lipinski definition) is 1. The molecule has 1 N–H and O–H groups in total. The average molecular weight is 247 g/mol. The Balaban J connectivity index is 1.56. The Morgan fingerprint density at radius 2 is 2.17 bits per heavy atom. The lowest BCUT2D eigenvalue weighted by molar-refractivity contribution is 0.0353. The standard InChI is InChI=1S/C15H21NO2/c1-11-8-17-9-14(16-11)10-18-15-6-5-12-3-2-4-13(12)7-15/h5-7,11,14,16H,2-4,8-10H2,1H3. The summed E-state index contributed by atoms with van der Waals surface area (Å²) in [5, 5.41) is 3.49. The molecule has 2 unspecified atom stereocenters. The fraction of sp³-hybridized carbons (Fsp3) is 0.600. The van der Waals surface area contributed by atoms with Crippen molar-refractivity contribution in [3.8, 4) is 5.75 Å². The molecule has 0 bridgehead atoms. The van der Waals surface area contributed by atoms with Gasteiger partial charge in [0.15, 0.2) is 0 Å². The van der Waals surface area contributed by atoms with Gasteiger partial charge in [-0.25, -0.2) is 0 Å².